The molecule has 1 aromatic carbocycles. The molecule has 1 N–H and O–H groups in total. The van der Waals surface area contributed by atoms with Crippen LogP contribution in [0.15, 0.2) is 24.3 Å². The standard InChI is InChI=1S/C16H25NO5/c1-16(11-17-12-5-7-13(20-4)8-6-12)21-14(9-18-2)15(22-16)10-19-3/h5-8,14-15,17H,9-11H2,1-4H3/t14-,15-/m0/s1. The minimum Gasteiger partial charge on any atom is -0.497 e. The van der Waals surface area contributed by atoms with Crippen molar-refractivity contribution in [2.45, 2.75) is 24.9 Å². The van der Waals surface area contributed by atoms with Gasteiger partial charge in [0.2, 0.25) is 0 Å². The summed E-state index contributed by atoms with van der Waals surface area (Å²) in [6.45, 7) is 3.40. The molecule has 0 aromatic heterocycles. The van der Waals surface area contributed by atoms with Crippen molar-refractivity contribution in [1.29, 1.82) is 0 Å². The van der Waals surface area contributed by atoms with Gasteiger partial charge in [0.05, 0.1) is 26.9 Å². The summed E-state index contributed by atoms with van der Waals surface area (Å²) in [4.78, 5) is 0. The van der Waals surface area contributed by atoms with Crippen LogP contribution in [0.3, 0.4) is 0 Å². The number of rotatable bonds is 8. The zero-order valence-corrected chi connectivity index (χ0v) is 13.6. The average Bonchev–Trinajstić information content (AvgIpc) is 2.83. The van der Waals surface area contributed by atoms with Crippen molar-refractivity contribution in [1.82, 2.24) is 0 Å². The van der Waals surface area contributed by atoms with Crippen LogP contribution in [0.25, 0.3) is 0 Å². The van der Waals surface area contributed by atoms with Gasteiger partial charge in [-0.2, -0.15) is 0 Å². The first-order valence-corrected chi connectivity index (χ1v) is 7.31. The minimum atomic E-state index is -0.716. The zero-order valence-electron chi connectivity index (χ0n) is 13.6. The largest absolute Gasteiger partial charge is 0.497 e. The zero-order chi connectivity index (χ0) is 16.0. The molecule has 1 saturated heterocycles. The van der Waals surface area contributed by atoms with Crippen LogP contribution < -0.4 is 10.1 Å². The summed E-state index contributed by atoms with van der Waals surface area (Å²) in [5.41, 5.74) is 0.979. The number of ether oxygens (including phenoxy) is 5. The van der Waals surface area contributed by atoms with E-state index in [4.69, 9.17) is 23.7 Å². The molecule has 1 aliphatic heterocycles. The second-order valence-corrected chi connectivity index (χ2v) is 5.44. The lowest BCUT2D eigenvalue weighted by Crippen LogP contribution is -2.36. The predicted octanol–water partition coefficient (Wildman–Crippen LogP) is 1.90. The lowest BCUT2D eigenvalue weighted by Gasteiger charge is -2.24. The Morgan fingerprint density at radius 1 is 1.00 bits per heavy atom. The molecule has 0 amide bonds. The molecule has 2 atom stereocenters. The van der Waals surface area contributed by atoms with Crippen molar-refractivity contribution in [3.8, 4) is 5.75 Å². The summed E-state index contributed by atoms with van der Waals surface area (Å²) in [7, 11) is 4.95. The van der Waals surface area contributed by atoms with Crippen LogP contribution in [-0.2, 0) is 18.9 Å². The molecule has 6 heteroatoms. The highest BCUT2D eigenvalue weighted by molar-refractivity contribution is 5.46. The van der Waals surface area contributed by atoms with Gasteiger partial charge in [0, 0.05) is 19.9 Å². The van der Waals surface area contributed by atoms with Gasteiger partial charge < -0.3 is 29.0 Å². The van der Waals surface area contributed by atoms with Gasteiger partial charge in [0.25, 0.3) is 0 Å². The minimum absolute atomic E-state index is 0.132. The molecule has 1 heterocycles. The molecule has 2 rings (SSSR count). The van der Waals surface area contributed by atoms with E-state index < -0.39 is 5.79 Å². The van der Waals surface area contributed by atoms with E-state index in [1.54, 1.807) is 21.3 Å². The molecular formula is C16H25NO5. The summed E-state index contributed by atoms with van der Waals surface area (Å²) in [5.74, 6) is 0.109. The Bertz CT molecular complexity index is 436. The van der Waals surface area contributed by atoms with Crippen LogP contribution in [-0.4, -0.2) is 59.1 Å². The van der Waals surface area contributed by atoms with Gasteiger partial charge in [-0.3, -0.25) is 0 Å². The van der Waals surface area contributed by atoms with E-state index in [2.05, 4.69) is 5.32 Å². The van der Waals surface area contributed by atoms with E-state index in [1.165, 1.54) is 0 Å². The SMILES string of the molecule is COC[C@@H]1OC(C)(CNc2ccc(OC)cc2)O[C@H]1COC. The Balaban J connectivity index is 1.92. The number of hydrogen-bond acceptors (Lipinski definition) is 6. The Morgan fingerprint density at radius 2 is 1.55 bits per heavy atom. The van der Waals surface area contributed by atoms with E-state index in [0.29, 0.717) is 19.8 Å². The van der Waals surface area contributed by atoms with Gasteiger partial charge in [-0.15, -0.1) is 0 Å². The van der Waals surface area contributed by atoms with Crippen molar-refractivity contribution in [3.05, 3.63) is 24.3 Å². The van der Waals surface area contributed by atoms with E-state index in [9.17, 15) is 0 Å². The van der Waals surface area contributed by atoms with Crippen molar-refractivity contribution < 1.29 is 23.7 Å². The smallest absolute Gasteiger partial charge is 0.183 e. The Morgan fingerprint density at radius 3 is 2.00 bits per heavy atom. The molecule has 0 aliphatic carbocycles. The lowest BCUT2D eigenvalue weighted by molar-refractivity contribution is -0.156. The van der Waals surface area contributed by atoms with E-state index in [0.717, 1.165) is 11.4 Å². The van der Waals surface area contributed by atoms with Crippen LogP contribution >= 0.6 is 0 Å². The molecule has 0 radical (unpaired) electrons. The van der Waals surface area contributed by atoms with Crippen LogP contribution in [0.4, 0.5) is 5.69 Å². The van der Waals surface area contributed by atoms with Crippen LogP contribution in [0.1, 0.15) is 6.92 Å². The lowest BCUT2D eigenvalue weighted by atomic mass is 10.2. The summed E-state index contributed by atoms with van der Waals surface area (Å²) in [6, 6.07) is 7.72. The topological polar surface area (TPSA) is 58.2 Å². The van der Waals surface area contributed by atoms with Gasteiger partial charge in [-0.25, -0.2) is 0 Å². The third-order valence-electron chi connectivity index (χ3n) is 3.58. The van der Waals surface area contributed by atoms with E-state index >= 15 is 0 Å². The first kappa shape index (κ1) is 17.0. The van der Waals surface area contributed by atoms with Crippen molar-refractivity contribution in [2.24, 2.45) is 0 Å². The molecule has 1 fully saturated rings. The van der Waals surface area contributed by atoms with Gasteiger partial charge in [0.1, 0.15) is 18.0 Å². The highest BCUT2D eigenvalue weighted by Gasteiger charge is 2.44. The fraction of sp³-hybridized carbons (Fsp3) is 0.625. The van der Waals surface area contributed by atoms with Crippen LogP contribution in [0, 0.1) is 0 Å². The third kappa shape index (κ3) is 4.33. The van der Waals surface area contributed by atoms with Crippen LogP contribution in [0.2, 0.25) is 0 Å². The van der Waals surface area contributed by atoms with Crippen molar-refractivity contribution in [3.63, 3.8) is 0 Å². The molecule has 0 saturated carbocycles. The first-order chi connectivity index (χ1) is 10.6. The Kier molecular flexibility index (Phi) is 6.02. The first-order valence-electron chi connectivity index (χ1n) is 7.31. The fourth-order valence-electron chi connectivity index (χ4n) is 2.49. The molecule has 0 unspecified atom stereocenters. The highest BCUT2D eigenvalue weighted by Crippen LogP contribution is 2.29. The second kappa shape index (κ2) is 7.78. The maximum atomic E-state index is 6.01. The molecule has 6 nitrogen and oxygen atoms in total. The van der Waals surface area contributed by atoms with Gasteiger partial charge in [-0.1, -0.05) is 0 Å². The molecule has 0 spiro atoms. The normalized spacial score (nSPS) is 23.5. The molecular weight excluding hydrogens is 286 g/mol. The molecule has 1 aliphatic rings. The summed E-state index contributed by atoms with van der Waals surface area (Å²) in [6.07, 6.45) is -0.264. The number of hydrogen-bond donors (Lipinski definition) is 1. The Labute approximate surface area is 131 Å². The number of benzene rings is 1. The summed E-state index contributed by atoms with van der Waals surface area (Å²) in [5, 5.41) is 3.32. The summed E-state index contributed by atoms with van der Waals surface area (Å²) < 4.78 is 27.5. The predicted molar refractivity (Wildman–Crippen MR) is 83.4 cm³/mol. The monoisotopic (exact) mass is 311 g/mol. The second-order valence-electron chi connectivity index (χ2n) is 5.44. The van der Waals surface area contributed by atoms with Crippen molar-refractivity contribution in [2.75, 3.05) is 46.4 Å². The van der Waals surface area contributed by atoms with E-state index in [1.807, 2.05) is 31.2 Å². The molecule has 124 valence electrons. The molecule has 1 aromatic rings. The molecule has 22 heavy (non-hydrogen) atoms. The third-order valence-corrected chi connectivity index (χ3v) is 3.58. The van der Waals surface area contributed by atoms with Crippen molar-refractivity contribution >= 4 is 5.69 Å². The van der Waals surface area contributed by atoms with Gasteiger partial charge in [-0.05, 0) is 31.2 Å². The number of nitrogens with one attached hydrogen (secondary N) is 1. The van der Waals surface area contributed by atoms with Gasteiger partial charge in [0.15, 0.2) is 5.79 Å². The van der Waals surface area contributed by atoms with Crippen LogP contribution in [0.5, 0.6) is 5.75 Å². The number of methoxy groups -OCH3 is 3. The summed E-state index contributed by atoms with van der Waals surface area (Å²) >= 11 is 0. The molecule has 0 bridgehead atoms. The Hall–Kier alpha value is -1.34. The average molecular weight is 311 g/mol. The fourth-order valence-corrected chi connectivity index (χ4v) is 2.49. The maximum absolute atomic E-state index is 6.01. The van der Waals surface area contributed by atoms with Gasteiger partial charge >= 0.3 is 0 Å². The highest BCUT2D eigenvalue weighted by atomic mass is 16.8. The maximum Gasteiger partial charge on any atom is 0.183 e. The van der Waals surface area contributed by atoms with E-state index in [-0.39, 0.29) is 12.2 Å². The number of anilines is 1. The quantitative estimate of drug-likeness (QED) is 0.791.